The molecule has 8 nitrogen and oxygen atoms in total. The van der Waals surface area contributed by atoms with Gasteiger partial charge in [0.05, 0.1) is 17.8 Å². The Labute approximate surface area is 126 Å². The van der Waals surface area contributed by atoms with E-state index in [-0.39, 0.29) is 23.3 Å². The highest BCUT2D eigenvalue weighted by molar-refractivity contribution is 6.32. The van der Waals surface area contributed by atoms with Gasteiger partial charge in [-0.05, 0) is 19.1 Å². The average Bonchev–Trinajstić information content (AvgIpc) is 2.37. The number of ether oxygens (including phenoxy) is 2. The largest absolute Gasteiger partial charge is 0.490 e. The molecule has 1 aromatic carbocycles. The number of nitrogens with two attached hydrogens (primary N) is 3. The van der Waals surface area contributed by atoms with Crippen LogP contribution in [0.3, 0.4) is 0 Å². The van der Waals surface area contributed by atoms with Crippen LogP contribution in [0, 0.1) is 0 Å². The second kappa shape index (κ2) is 7.95. The Morgan fingerprint density at radius 1 is 1.33 bits per heavy atom. The van der Waals surface area contributed by atoms with Crippen molar-refractivity contribution in [1.82, 2.24) is 0 Å². The number of halogens is 1. The molecule has 0 fully saturated rings. The van der Waals surface area contributed by atoms with Gasteiger partial charge in [0.25, 0.3) is 5.91 Å². The minimum Gasteiger partial charge on any atom is -0.490 e. The third kappa shape index (κ3) is 5.57. The van der Waals surface area contributed by atoms with Gasteiger partial charge in [-0.15, -0.1) is 5.10 Å². The van der Waals surface area contributed by atoms with Gasteiger partial charge in [0.15, 0.2) is 18.1 Å². The number of amides is 1. The first-order valence-corrected chi connectivity index (χ1v) is 6.31. The molecule has 0 aromatic heterocycles. The van der Waals surface area contributed by atoms with Crippen molar-refractivity contribution >= 4 is 29.7 Å². The summed E-state index contributed by atoms with van der Waals surface area (Å²) in [6, 6.07) is 3.18. The molecule has 114 valence electrons. The summed E-state index contributed by atoms with van der Waals surface area (Å²) in [5.41, 5.74) is 15.9. The summed E-state index contributed by atoms with van der Waals surface area (Å²) in [6.45, 7) is 1.88. The van der Waals surface area contributed by atoms with Crippen LogP contribution in [0.15, 0.2) is 22.3 Å². The topological polar surface area (TPSA) is 138 Å². The first-order valence-electron chi connectivity index (χ1n) is 5.93. The van der Waals surface area contributed by atoms with E-state index in [0.717, 1.165) is 0 Å². The van der Waals surface area contributed by atoms with E-state index in [2.05, 4.69) is 10.2 Å². The third-order valence-electron chi connectivity index (χ3n) is 2.07. The summed E-state index contributed by atoms with van der Waals surface area (Å²) < 4.78 is 10.6. The van der Waals surface area contributed by atoms with Crippen molar-refractivity contribution in [2.24, 2.45) is 27.4 Å². The number of carbonyl (C=O) groups is 1. The van der Waals surface area contributed by atoms with Gasteiger partial charge in [-0.25, -0.2) is 0 Å². The molecule has 0 saturated heterocycles. The quantitative estimate of drug-likeness (QED) is 0.375. The molecule has 0 aliphatic rings. The highest BCUT2D eigenvalue weighted by Gasteiger charge is 2.13. The summed E-state index contributed by atoms with van der Waals surface area (Å²) in [5, 5.41) is 7.39. The van der Waals surface area contributed by atoms with Gasteiger partial charge in [0.1, 0.15) is 0 Å². The van der Waals surface area contributed by atoms with E-state index >= 15 is 0 Å². The van der Waals surface area contributed by atoms with Gasteiger partial charge in [-0.3, -0.25) is 4.79 Å². The molecule has 21 heavy (non-hydrogen) atoms. The van der Waals surface area contributed by atoms with E-state index in [0.29, 0.717) is 17.9 Å². The Balaban J connectivity index is 3.08. The predicted octanol–water partition coefficient (Wildman–Crippen LogP) is 0.210. The summed E-state index contributed by atoms with van der Waals surface area (Å²) in [5.74, 6) is -0.190. The molecule has 1 aromatic rings. The van der Waals surface area contributed by atoms with Crippen LogP contribution >= 0.6 is 11.6 Å². The summed E-state index contributed by atoms with van der Waals surface area (Å²) in [4.78, 5) is 10.8. The molecule has 0 radical (unpaired) electrons. The SMILES string of the molecule is CCOc1cc(C=NN=C(N)N)cc(Cl)c1OCC(N)=O. The van der Waals surface area contributed by atoms with Gasteiger partial charge >= 0.3 is 0 Å². The number of hydrogen-bond donors (Lipinski definition) is 3. The normalized spacial score (nSPS) is 10.4. The molecule has 0 saturated carbocycles. The summed E-state index contributed by atoms with van der Waals surface area (Å²) >= 11 is 6.09. The van der Waals surface area contributed by atoms with Crippen LogP contribution in [0.5, 0.6) is 11.5 Å². The summed E-state index contributed by atoms with van der Waals surface area (Å²) in [7, 11) is 0. The lowest BCUT2D eigenvalue weighted by Gasteiger charge is -2.13. The van der Waals surface area contributed by atoms with Crippen molar-refractivity contribution in [3.05, 3.63) is 22.7 Å². The van der Waals surface area contributed by atoms with Crippen LogP contribution < -0.4 is 26.7 Å². The molecule has 0 aliphatic carbocycles. The van der Waals surface area contributed by atoms with Gasteiger partial charge in [-0.1, -0.05) is 11.6 Å². The fourth-order valence-electron chi connectivity index (χ4n) is 1.37. The minimum absolute atomic E-state index is 0.163. The fraction of sp³-hybridized carbons (Fsp3) is 0.250. The van der Waals surface area contributed by atoms with Crippen molar-refractivity contribution in [1.29, 1.82) is 0 Å². The fourth-order valence-corrected chi connectivity index (χ4v) is 1.64. The zero-order chi connectivity index (χ0) is 15.8. The Morgan fingerprint density at radius 2 is 2.05 bits per heavy atom. The van der Waals surface area contributed by atoms with E-state index < -0.39 is 5.91 Å². The molecule has 0 aliphatic heterocycles. The van der Waals surface area contributed by atoms with Crippen molar-refractivity contribution in [3.63, 3.8) is 0 Å². The predicted molar refractivity (Wildman–Crippen MR) is 80.7 cm³/mol. The molecule has 0 heterocycles. The minimum atomic E-state index is -0.619. The van der Waals surface area contributed by atoms with Crippen molar-refractivity contribution in [2.75, 3.05) is 13.2 Å². The van der Waals surface area contributed by atoms with E-state index in [1.54, 1.807) is 19.1 Å². The Kier molecular flexibility index (Phi) is 6.28. The van der Waals surface area contributed by atoms with E-state index in [1.165, 1.54) is 6.21 Å². The monoisotopic (exact) mass is 313 g/mol. The molecule has 0 spiro atoms. The van der Waals surface area contributed by atoms with Crippen LogP contribution in [0.1, 0.15) is 12.5 Å². The number of guanidine groups is 1. The number of carbonyl (C=O) groups excluding carboxylic acids is 1. The first-order chi connectivity index (χ1) is 9.93. The van der Waals surface area contributed by atoms with E-state index in [1.807, 2.05) is 0 Å². The lowest BCUT2D eigenvalue weighted by molar-refractivity contribution is -0.119. The van der Waals surface area contributed by atoms with Crippen LogP contribution in [-0.2, 0) is 4.79 Å². The molecule has 0 atom stereocenters. The Hall–Kier alpha value is -2.48. The Morgan fingerprint density at radius 3 is 2.62 bits per heavy atom. The number of hydrogen-bond acceptors (Lipinski definition) is 5. The maximum absolute atomic E-state index is 10.8. The molecule has 9 heteroatoms. The van der Waals surface area contributed by atoms with Crippen LogP contribution in [0.25, 0.3) is 0 Å². The van der Waals surface area contributed by atoms with Crippen molar-refractivity contribution in [3.8, 4) is 11.5 Å². The number of nitrogens with zero attached hydrogens (tertiary/aromatic N) is 2. The zero-order valence-electron chi connectivity index (χ0n) is 11.4. The second-order valence-electron chi connectivity index (χ2n) is 3.79. The van der Waals surface area contributed by atoms with Gasteiger partial charge in [-0.2, -0.15) is 5.10 Å². The third-order valence-corrected chi connectivity index (χ3v) is 2.35. The highest BCUT2D eigenvalue weighted by atomic mass is 35.5. The molecule has 6 N–H and O–H groups in total. The molecule has 1 amide bonds. The maximum Gasteiger partial charge on any atom is 0.255 e. The van der Waals surface area contributed by atoms with Gasteiger partial charge in [0, 0.05) is 5.56 Å². The molecular formula is C12H16ClN5O3. The van der Waals surface area contributed by atoms with Crippen LogP contribution in [-0.4, -0.2) is 31.3 Å². The van der Waals surface area contributed by atoms with E-state index in [4.69, 9.17) is 38.3 Å². The first kappa shape index (κ1) is 16.6. The van der Waals surface area contributed by atoms with E-state index in [9.17, 15) is 4.79 Å². The molecule has 1 rings (SSSR count). The number of benzene rings is 1. The molecule has 0 unspecified atom stereocenters. The lowest BCUT2D eigenvalue weighted by atomic mass is 10.2. The lowest BCUT2D eigenvalue weighted by Crippen LogP contribution is -2.21. The standard InChI is InChI=1S/C12H16ClN5O3/c1-2-20-9-4-7(5-17-18-12(15)16)3-8(13)11(9)21-6-10(14)19/h3-5H,2,6H2,1H3,(H2,14,19)(H4,15,16,18). The molecular weight excluding hydrogens is 298 g/mol. The highest BCUT2D eigenvalue weighted by Crippen LogP contribution is 2.36. The zero-order valence-corrected chi connectivity index (χ0v) is 12.1. The summed E-state index contributed by atoms with van der Waals surface area (Å²) in [6.07, 6.45) is 1.39. The van der Waals surface area contributed by atoms with Crippen molar-refractivity contribution in [2.45, 2.75) is 6.92 Å². The van der Waals surface area contributed by atoms with Gasteiger partial charge < -0.3 is 26.7 Å². The van der Waals surface area contributed by atoms with Crippen molar-refractivity contribution < 1.29 is 14.3 Å². The Bertz CT molecular complexity index is 570. The average molecular weight is 314 g/mol. The number of primary amides is 1. The molecule has 0 bridgehead atoms. The van der Waals surface area contributed by atoms with Gasteiger partial charge in [0.2, 0.25) is 5.96 Å². The van der Waals surface area contributed by atoms with Crippen LogP contribution in [0.4, 0.5) is 0 Å². The van der Waals surface area contributed by atoms with Crippen LogP contribution in [0.2, 0.25) is 5.02 Å². The number of rotatable bonds is 7. The second-order valence-corrected chi connectivity index (χ2v) is 4.19. The smallest absolute Gasteiger partial charge is 0.255 e. The maximum atomic E-state index is 10.8.